The number of nitrogens with one attached hydrogen (secondary N) is 1. The molecule has 0 radical (unpaired) electrons. The summed E-state index contributed by atoms with van der Waals surface area (Å²) in [4.78, 5) is 12.9. The van der Waals surface area contributed by atoms with E-state index in [9.17, 15) is 15.0 Å². The standard InChI is InChI=1S/C31H43NO7/c1-30(2)37-22-26-29(39-30)31(35,20-28(38-26)36-21-24-16-10-6-11-17-24)32-27(34)19-25(33)18-12-4-3-7-13-23-14-8-5-9-15-23/h5-6,8-11,14-17,25-26,28-29,33,35H,3-4,7,12-13,18-22H2,1-2H3,(H,32,34)/t25-,26-,28-,29-,31-/m1/s1. The fourth-order valence-corrected chi connectivity index (χ4v) is 5.21. The Hall–Kier alpha value is -2.33. The van der Waals surface area contributed by atoms with Crippen molar-refractivity contribution in [3.05, 3.63) is 71.8 Å². The first-order valence-corrected chi connectivity index (χ1v) is 14.1. The van der Waals surface area contributed by atoms with Gasteiger partial charge in [0.15, 0.2) is 17.8 Å². The van der Waals surface area contributed by atoms with Gasteiger partial charge in [-0.1, -0.05) is 79.9 Å². The molecule has 0 aliphatic carbocycles. The van der Waals surface area contributed by atoms with Crippen molar-refractivity contribution < 1.29 is 34.0 Å². The number of fused-ring (bicyclic) bond motifs is 1. The maximum absolute atomic E-state index is 12.9. The van der Waals surface area contributed by atoms with E-state index in [4.69, 9.17) is 18.9 Å². The van der Waals surface area contributed by atoms with Crippen LogP contribution in [-0.4, -0.2) is 58.8 Å². The van der Waals surface area contributed by atoms with Crippen molar-refractivity contribution in [1.29, 1.82) is 0 Å². The summed E-state index contributed by atoms with van der Waals surface area (Å²) in [5, 5.41) is 24.9. The number of hydrogen-bond acceptors (Lipinski definition) is 7. The number of ether oxygens (including phenoxy) is 4. The van der Waals surface area contributed by atoms with Crippen LogP contribution in [-0.2, 0) is 36.8 Å². The first-order chi connectivity index (χ1) is 18.7. The number of aliphatic hydroxyl groups excluding tert-OH is 1. The fraction of sp³-hybridized carbons (Fsp3) is 0.581. The Labute approximate surface area is 231 Å². The van der Waals surface area contributed by atoms with Crippen LogP contribution >= 0.6 is 0 Å². The van der Waals surface area contributed by atoms with Gasteiger partial charge in [-0.15, -0.1) is 0 Å². The van der Waals surface area contributed by atoms with Gasteiger partial charge in [0, 0.05) is 6.42 Å². The Bertz CT molecular complexity index is 1020. The van der Waals surface area contributed by atoms with E-state index in [-0.39, 0.29) is 19.4 Å². The Morgan fingerprint density at radius 1 is 1.03 bits per heavy atom. The number of benzene rings is 2. The molecular formula is C31H43NO7. The summed E-state index contributed by atoms with van der Waals surface area (Å²) in [7, 11) is 0. The van der Waals surface area contributed by atoms with Crippen molar-refractivity contribution >= 4 is 5.91 Å². The van der Waals surface area contributed by atoms with Crippen LogP contribution in [0, 0.1) is 0 Å². The van der Waals surface area contributed by atoms with Crippen molar-refractivity contribution in [3.8, 4) is 0 Å². The largest absolute Gasteiger partial charge is 0.393 e. The lowest BCUT2D eigenvalue weighted by molar-refractivity contribution is -0.386. The quantitative estimate of drug-likeness (QED) is 0.258. The number of amides is 1. The van der Waals surface area contributed by atoms with Crippen molar-refractivity contribution in [2.75, 3.05) is 6.61 Å². The third kappa shape index (κ3) is 9.10. The van der Waals surface area contributed by atoms with E-state index in [0.717, 1.165) is 37.7 Å². The molecule has 2 aliphatic rings. The highest BCUT2D eigenvalue weighted by Gasteiger charge is 2.55. The topological polar surface area (TPSA) is 106 Å². The Morgan fingerprint density at radius 2 is 1.69 bits per heavy atom. The van der Waals surface area contributed by atoms with Crippen LogP contribution in [0.1, 0.15) is 69.9 Å². The van der Waals surface area contributed by atoms with Gasteiger partial charge in [-0.25, -0.2) is 0 Å². The van der Waals surface area contributed by atoms with Crippen LogP contribution in [0.3, 0.4) is 0 Å². The third-order valence-corrected chi connectivity index (χ3v) is 7.27. The predicted molar refractivity (Wildman–Crippen MR) is 146 cm³/mol. The van der Waals surface area contributed by atoms with E-state index in [0.29, 0.717) is 13.0 Å². The highest BCUT2D eigenvalue weighted by atomic mass is 16.8. The lowest BCUT2D eigenvalue weighted by Crippen LogP contribution is -2.71. The molecule has 3 N–H and O–H groups in total. The lowest BCUT2D eigenvalue weighted by atomic mass is 9.92. The molecule has 2 saturated heterocycles. The van der Waals surface area contributed by atoms with Crippen LogP contribution in [0.5, 0.6) is 0 Å². The molecule has 2 fully saturated rings. The minimum Gasteiger partial charge on any atom is -0.393 e. The highest BCUT2D eigenvalue weighted by Crippen LogP contribution is 2.37. The molecule has 8 heteroatoms. The highest BCUT2D eigenvalue weighted by molar-refractivity contribution is 5.77. The van der Waals surface area contributed by atoms with E-state index in [1.54, 1.807) is 13.8 Å². The van der Waals surface area contributed by atoms with Crippen molar-refractivity contribution in [3.63, 3.8) is 0 Å². The van der Waals surface area contributed by atoms with Crippen molar-refractivity contribution in [1.82, 2.24) is 5.32 Å². The maximum atomic E-state index is 12.9. The molecule has 1 amide bonds. The van der Waals surface area contributed by atoms with E-state index in [2.05, 4.69) is 29.6 Å². The second-order valence-electron chi connectivity index (χ2n) is 11.1. The normalized spacial score (nSPS) is 26.9. The molecule has 214 valence electrons. The average Bonchev–Trinajstić information content (AvgIpc) is 2.90. The SMILES string of the molecule is CC1(C)OC[C@H]2O[C@@H](OCc3ccccc3)C[C@](O)(NC(=O)C[C@H](O)CCCCCCc3ccccc3)[C@@H]2O1. The number of aliphatic hydroxyl groups is 2. The number of carbonyl (C=O) groups excluding carboxylic acids is 1. The molecule has 2 heterocycles. The Kier molecular flexibility index (Phi) is 10.5. The summed E-state index contributed by atoms with van der Waals surface area (Å²) < 4.78 is 23.7. The zero-order valence-corrected chi connectivity index (χ0v) is 23.1. The van der Waals surface area contributed by atoms with Crippen LogP contribution in [0.4, 0.5) is 0 Å². The fourth-order valence-electron chi connectivity index (χ4n) is 5.21. The third-order valence-electron chi connectivity index (χ3n) is 7.27. The van der Waals surface area contributed by atoms with Gasteiger partial charge in [0.25, 0.3) is 0 Å². The van der Waals surface area contributed by atoms with Gasteiger partial charge in [-0.3, -0.25) is 4.79 Å². The number of rotatable bonds is 13. The predicted octanol–water partition coefficient (Wildman–Crippen LogP) is 4.22. The lowest BCUT2D eigenvalue weighted by Gasteiger charge is -2.52. The molecule has 2 aliphatic heterocycles. The van der Waals surface area contributed by atoms with Gasteiger partial charge in [0.05, 0.1) is 25.7 Å². The summed E-state index contributed by atoms with van der Waals surface area (Å²) >= 11 is 0. The van der Waals surface area contributed by atoms with Crippen LogP contribution in [0.25, 0.3) is 0 Å². The number of hydrogen-bond donors (Lipinski definition) is 3. The summed E-state index contributed by atoms with van der Waals surface area (Å²) in [6.45, 7) is 4.00. The molecule has 8 nitrogen and oxygen atoms in total. The maximum Gasteiger partial charge on any atom is 0.224 e. The first kappa shape index (κ1) is 29.6. The Morgan fingerprint density at radius 3 is 2.41 bits per heavy atom. The van der Waals surface area contributed by atoms with E-state index in [1.807, 2.05) is 36.4 Å². The smallest absolute Gasteiger partial charge is 0.224 e. The molecule has 39 heavy (non-hydrogen) atoms. The zero-order valence-electron chi connectivity index (χ0n) is 23.1. The summed E-state index contributed by atoms with van der Waals surface area (Å²) in [5.41, 5.74) is 0.572. The summed E-state index contributed by atoms with van der Waals surface area (Å²) in [5.74, 6) is -1.38. The zero-order chi connectivity index (χ0) is 27.7. The minimum atomic E-state index is -1.74. The second kappa shape index (κ2) is 13.8. The van der Waals surface area contributed by atoms with Gasteiger partial charge in [0.2, 0.25) is 5.91 Å². The molecule has 0 unspecified atom stereocenters. The summed E-state index contributed by atoms with van der Waals surface area (Å²) in [6.07, 6.45) is 2.48. The second-order valence-corrected chi connectivity index (χ2v) is 11.1. The molecule has 5 atom stereocenters. The summed E-state index contributed by atoms with van der Waals surface area (Å²) in [6, 6.07) is 20.1. The van der Waals surface area contributed by atoms with Crippen molar-refractivity contribution in [2.24, 2.45) is 0 Å². The van der Waals surface area contributed by atoms with E-state index < -0.39 is 42.0 Å². The molecular weight excluding hydrogens is 498 g/mol. The van der Waals surface area contributed by atoms with E-state index in [1.165, 1.54) is 5.56 Å². The van der Waals surface area contributed by atoms with Crippen molar-refractivity contribution in [2.45, 2.75) is 108 Å². The molecule has 0 aromatic heterocycles. The van der Waals surface area contributed by atoms with Gasteiger partial charge in [-0.2, -0.15) is 0 Å². The molecule has 2 aromatic carbocycles. The van der Waals surface area contributed by atoms with Gasteiger partial charge < -0.3 is 34.5 Å². The Balaban J connectivity index is 1.25. The first-order valence-electron chi connectivity index (χ1n) is 14.1. The molecule has 0 spiro atoms. The minimum absolute atomic E-state index is 0.0136. The van der Waals surface area contributed by atoms with Gasteiger partial charge in [0.1, 0.15) is 12.2 Å². The van der Waals surface area contributed by atoms with Crippen LogP contribution in [0.15, 0.2) is 60.7 Å². The molecule has 0 saturated carbocycles. The number of unbranched alkanes of at least 4 members (excludes halogenated alkanes) is 3. The monoisotopic (exact) mass is 541 g/mol. The molecule has 0 bridgehead atoms. The van der Waals surface area contributed by atoms with Crippen LogP contribution in [0.2, 0.25) is 0 Å². The average molecular weight is 542 g/mol. The van der Waals surface area contributed by atoms with Gasteiger partial charge in [-0.05, 0) is 44.2 Å². The van der Waals surface area contributed by atoms with E-state index >= 15 is 0 Å². The molecule has 2 aromatic rings. The van der Waals surface area contributed by atoms with Gasteiger partial charge >= 0.3 is 0 Å². The number of carbonyl (C=O) groups is 1. The van der Waals surface area contributed by atoms with Crippen LogP contribution < -0.4 is 5.32 Å². The molecule has 4 rings (SSSR count). The number of aryl methyl sites for hydroxylation is 1.